The van der Waals surface area contributed by atoms with Crippen molar-refractivity contribution in [3.05, 3.63) is 17.7 Å². The van der Waals surface area contributed by atoms with Gasteiger partial charge in [0.15, 0.2) is 5.82 Å². The fraction of sp³-hybridized carbons (Fsp3) is 0.600. The van der Waals surface area contributed by atoms with E-state index in [4.69, 9.17) is 5.11 Å². The van der Waals surface area contributed by atoms with E-state index in [0.29, 0.717) is 5.92 Å². The Kier molecular flexibility index (Phi) is 3.71. The Bertz CT molecular complexity index is 352. The van der Waals surface area contributed by atoms with Crippen molar-refractivity contribution in [1.82, 2.24) is 15.2 Å². The summed E-state index contributed by atoms with van der Waals surface area (Å²) >= 11 is 0. The van der Waals surface area contributed by atoms with Crippen molar-refractivity contribution in [3.63, 3.8) is 0 Å². The van der Waals surface area contributed by atoms with Crippen molar-refractivity contribution in [2.45, 2.75) is 33.1 Å². The van der Waals surface area contributed by atoms with Crippen LogP contribution in [0.4, 0.5) is 0 Å². The molecule has 1 rings (SSSR count). The molecule has 0 amide bonds. The highest BCUT2D eigenvalue weighted by Gasteiger charge is 2.17. The molecule has 0 aromatic carbocycles. The van der Waals surface area contributed by atoms with E-state index in [-0.39, 0.29) is 5.82 Å². The summed E-state index contributed by atoms with van der Waals surface area (Å²) in [5, 5.41) is 16.3. The molecule has 0 aliphatic carbocycles. The SMILES string of the molecule is CC(C)Cc1cnnc(C(C)C(=O)O)n1. The van der Waals surface area contributed by atoms with Gasteiger partial charge in [-0.05, 0) is 19.3 Å². The number of rotatable bonds is 4. The second kappa shape index (κ2) is 4.82. The zero-order chi connectivity index (χ0) is 11.4. The molecule has 1 unspecified atom stereocenters. The van der Waals surface area contributed by atoms with Gasteiger partial charge in [-0.2, -0.15) is 5.10 Å². The zero-order valence-corrected chi connectivity index (χ0v) is 9.14. The number of carboxylic acid groups (broad SMARTS) is 1. The minimum absolute atomic E-state index is 0.278. The van der Waals surface area contributed by atoms with Gasteiger partial charge in [0.25, 0.3) is 0 Å². The Morgan fingerprint density at radius 3 is 2.67 bits per heavy atom. The van der Waals surface area contributed by atoms with Crippen molar-refractivity contribution < 1.29 is 9.90 Å². The molecule has 0 bridgehead atoms. The quantitative estimate of drug-likeness (QED) is 0.807. The fourth-order valence-corrected chi connectivity index (χ4v) is 1.16. The molecule has 0 aliphatic rings. The third-order valence-electron chi connectivity index (χ3n) is 2.00. The van der Waals surface area contributed by atoms with Crippen LogP contribution in [0.15, 0.2) is 6.20 Å². The molecule has 0 radical (unpaired) electrons. The van der Waals surface area contributed by atoms with Crippen molar-refractivity contribution in [2.24, 2.45) is 5.92 Å². The van der Waals surface area contributed by atoms with Crippen molar-refractivity contribution in [1.29, 1.82) is 0 Å². The molecule has 1 heterocycles. The summed E-state index contributed by atoms with van der Waals surface area (Å²) < 4.78 is 0. The molecule has 15 heavy (non-hydrogen) atoms. The van der Waals surface area contributed by atoms with Crippen LogP contribution in [0.25, 0.3) is 0 Å². The van der Waals surface area contributed by atoms with Gasteiger partial charge in [-0.3, -0.25) is 4.79 Å². The normalized spacial score (nSPS) is 12.8. The highest BCUT2D eigenvalue weighted by Crippen LogP contribution is 2.10. The van der Waals surface area contributed by atoms with Gasteiger partial charge in [0.1, 0.15) is 5.92 Å². The predicted molar refractivity (Wildman–Crippen MR) is 54.4 cm³/mol. The van der Waals surface area contributed by atoms with E-state index >= 15 is 0 Å². The lowest BCUT2D eigenvalue weighted by atomic mass is 10.1. The smallest absolute Gasteiger partial charge is 0.314 e. The number of nitrogens with zero attached hydrogens (tertiary/aromatic N) is 3. The van der Waals surface area contributed by atoms with E-state index in [9.17, 15) is 4.79 Å². The van der Waals surface area contributed by atoms with Crippen LogP contribution >= 0.6 is 0 Å². The molecule has 1 atom stereocenters. The Labute approximate surface area is 88.6 Å². The van der Waals surface area contributed by atoms with Crippen LogP contribution in [0.3, 0.4) is 0 Å². The molecule has 1 N–H and O–H groups in total. The lowest BCUT2D eigenvalue weighted by Gasteiger charge is -2.07. The van der Waals surface area contributed by atoms with Crippen LogP contribution in [0.5, 0.6) is 0 Å². The van der Waals surface area contributed by atoms with E-state index in [0.717, 1.165) is 12.1 Å². The van der Waals surface area contributed by atoms with Gasteiger partial charge in [0.2, 0.25) is 0 Å². The summed E-state index contributed by atoms with van der Waals surface area (Å²) in [4.78, 5) is 14.9. The Morgan fingerprint density at radius 1 is 1.47 bits per heavy atom. The van der Waals surface area contributed by atoms with Crippen LogP contribution in [-0.4, -0.2) is 26.3 Å². The largest absolute Gasteiger partial charge is 0.481 e. The summed E-state index contributed by atoms with van der Waals surface area (Å²) in [5.41, 5.74) is 0.795. The zero-order valence-electron chi connectivity index (χ0n) is 9.14. The van der Waals surface area contributed by atoms with Crippen LogP contribution in [0, 0.1) is 5.92 Å². The molecule has 1 aromatic rings. The first-order valence-electron chi connectivity index (χ1n) is 4.92. The molecular formula is C10H15N3O2. The molecule has 1 aromatic heterocycles. The fourth-order valence-electron chi connectivity index (χ4n) is 1.16. The lowest BCUT2D eigenvalue weighted by molar-refractivity contribution is -0.138. The van der Waals surface area contributed by atoms with Gasteiger partial charge < -0.3 is 5.11 Å². The number of hydrogen-bond acceptors (Lipinski definition) is 4. The average Bonchev–Trinajstić information content (AvgIpc) is 2.16. The molecule has 0 saturated carbocycles. The number of aromatic nitrogens is 3. The van der Waals surface area contributed by atoms with Crippen LogP contribution < -0.4 is 0 Å². The van der Waals surface area contributed by atoms with Gasteiger partial charge in [-0.15, -0.1) is 5.10 Å². The van der Waals surface area contributed by atoms with Gasteiger partial charge >= 0.3 is 5.97 Å². The van der Waals surface area contributed by atoms with Gasteiger partial charge in [-0.1, -0.05) is 13.8 Å². The maximum absolute atomic E-state index is 10.7. The highest BCUT2D eigenvalue weighted by molar-refractivity contribution is 5.74. The summed E-state index contributed by atoms with van der Waals surface area (Å²) in [6.45, 7) is 5.70. The van der Waals surface area contributed by atoms with E-state index < -0.39 is 11.9 Å². The lowest BCUT2D eigenvalue weighted by Crippen LogP contribution is -2.13. The molecule has 82 valence electrons. The Balaban J connectivity index is 2.87. The number of carboxylic acids is 1. The van der Waals surface area contributed by atoms with Crippen LogP contribution in [0.2, 0.25) is 0 Å². The van der Waals surface area contributed by atoms with Crippen molar-refractivity contribution >= 4 is 5.97 Å². The number of hydrogen-bond donors (Lipinski definition) is 1. The van der Waals surface area contributed by atoms with E-state index in [1.807, 2.05) is 0 Å². The first-order chi connectivity index (χ1) is 7.00. The third-order valence-corrected chi connectivity index (χ3v) is 2.00. The topological polar surface area (TPSA) is 76.0 Å². The van der Waals surface area contributed by atoms with E-state index in [2.05, 4.69) is 29.0 Å². The Morgan fingerprint density at radius 2 is 2.13 bits per heavy atom. The van der Waals surface area contributed by atoms with Crippen LogP contribution in [-0.2, 0) is 11.2 Å². The van der Waals surface area contributed by atoms with Crippen molar-refractivity contribution in [3.8, 4) is 0 Å². The molecule has 5 heteroatoms. The third kappa shape index (κ3) is 3.27. The monoisotopic (exact) mass is 209 g/mol. The second-order valence-electron chi connectivity index (χ2n) is 3.96. The van der Waals surface area contributed by atoms with Gasteiger partial charge in [0.05, 0.1) is 11.9 Å². The standard InChI is InChI=1S/C10H15N3O2/c1-6(2)4-8-5-11-13-9(12-8)7(3)10(14)15/h5-7H,4H2,1-3H3,(H,14,15). The first-order valence-corrected chi connectivity index (χ1v) is 4.92. The molecule has 0 spiro atoms. The van der Waals surface area contributed by atoms with E-state index in [1.165, 1.54) is 0 Å². The number of carbonyl (C=O) groups is 1. The maximum Gasteiger partial charge on any atom is 0.314 e. The predicted octanol–water partition coefficient (Wildman–Crippen LogP) is 1.26. The number of aliphatic carboxylic acids is 1. The van der Waals surface area contributed by atoms with Gasteiger partial charge in [-0.25, -0.2) is 4.98 Å². The highest BCUT2D eigenvalue weighted by atomic mass is 16.4. The van der Waals surface area contributed by atoms with Gasteiger partial charge in [0, 0.05) is 0 Å². The minimum atomic E-state index is -0.932. The van der Waals surface area contributed by atoms with E-state index in [1.54, 1.807) is 13.1 Å². The summed E-state index contributed by atoms with van der Waals surface area (Å²) in [7, 11) is 0. The molecular weight excluding hydrogens is 194 g/mol. The van der Waals surface area contributed by atoms with Crippen molar-refractivity contribution in [2.75, 3.05) is 0 Å². The minimum Gasteiger partial charge on any atom is -0.481 e. The second-order valence-corrected chi connectivity index (χ2v) is 3.96. The average molecular weight is 209 g/mol. The first kappa shape index (κ1) is 11.6. The molecule has 0 fully saturated rings. The molecule has 0 saturated heterocycles. The summed E-state index contributed by atoms with van der Waals surface area (Å²) in [6, 6.07) is 0. The Hall–Kier alpha value is -1.52. The maximum atomic E-state index is 10.7. The summed E-state index contributed by atoms with van der Waals surface area (Å²) in [5.74, 6) is -0.890. The molecule has 0 aliphatic heterocycles. The molecule has 5 nitrogen and oxygen atoms in total. The van der Waals surface area contributed by atoms with Crippen LogP contribution in [0.1, 0.15) is 38.2 Å². The summed E-state index contributed by atoms with van der Waals surface area (Å²) in [6.07, 6.45) is 2.37.